The van der Waals surface area contributed by atoms with Crippen LogP contribution in [0, 0.1) is 11.7 Å². The fourth-order valence-electron chi connectivity index (χ4n) is 2.16. The summed E-state index contributed by atoms with van der Waals surface area (Å²) in [5.41, 5.74) is 0.358. The predicted molar refractivity (Wildman–Crippen MR) is 61.1 cm³/mol. The zero-order valence-corrected chi connectivity index (χ0v) is 9.81. The fraction of sp³-hybridized carbons (Fsp3) is 0.417. The fourth-order valence-corrected chi connectivity index (χ4v) is 2.16. The normalized spacial score (nSPS) is 23.0. The summed E-state index contributed by atoms with van der Waals surface area (Å²) in [4.78, 5) is 10.8. The van der Waals surface area contributed by atoms with E-state index in [1.165, 1.54) is 13.2 Å². The van der Waals surface area contributed by atoms with Gasteiger partial charge in [-0.2, -0.15) is 4.39 Å². The van der Waals surface area contributed by atoms with Crippen LogP contribution in [0.3, 0.4) is 0 Å². The summed E-state index contributed by atoms with van der Waals surface area (Å²) in [6, 6.07) is 2.60. The van der Waals surface area contributed by atoms with Gasteiger partial charge in [0.2, 0.25) is 5.82 Å². The first-order valence-electron chi connectivity index (χ1n) is 5.56. The topological polar surface area (TPSA) is 78.8 Å². The Labute approximate surface area is 103 Å². The number of carbonyl (C=O) groups is 1. The molecule has 2 atom stereocenters. The van der Waals surface area contributed by atoms with Crippen molar-refractivity contribution in [3.05, 3.63) is 23.5 Å². The van der Waals surface area contributed by atoms with Gasteiger partial charge in [0.05, 0.1) is 13.0 Å². The van der Waals surface area contributed by atoms with Crippen molar-refractivity contribution in [3.63, 3.8) is 0 Å². The van der Waals surface area contributed by atoms with Crippen LogP contribution in [0.1, 0.15) is 18.0 Å². The van der Waals surface area contributed by atoms with Crippen molar-refractivity contribution in [3.8, 4) is 11.5 Å². The van der Waals surface area contributed by atoms with Gasteiger partial charge >= 0.3 is 5.97 Å². The predicted octanol–water partition coefficient (Wildman–Crippen LogP) is 1.28. The van der Waals surface area contributed by atoms with Crippen molar-refractivity contribution in [2.75, 3.05) is 13.7 Å². The lowest BCUT2D eigenvalue weighted by atomic mass is 9.99. The minimum absolute atomic E-state index is 0.0379. The zero-order chi connectivity index (χ0) is 13.3. The quantitative estimate of drug-likeness (QED) is 0.758. The molecule has 1 fully saturated rings. The first-order chi connectivity index (χ1) is 8.54. The molecule has 0 aromatic heterocycles. The van der Waals surface area contributed by atoms with E-state index in [0.717, 1.165) is 0 Å². The molecule has 1 saturated heterocycles. The number of hydrogen-bond donors (Lipinski definition) is 3. The number of phenolic OH excluding ortho intramolecular Hbond substituents is 1. The lowest BCUT2D eigenvalue weighted by molar-refractivity contribution is -0.141. The molecule has 5 nitrogen and oxygen atoms in total. The highest BCUT2D eigenvalue weighted by atomic mass is 19.1. The van der Waals surface area contributed by atoms with Gasteiger partial charge in [0, 0.05) is 18.2 Å². The monoisotopic (exact) mass is 255 g/mol. The second kappa shape index (κ2) is 4.81. The van der Waals surface area contributed by atoms with E-state index >= 15 is 0 Å². The van der Waals surface area contributed by atoms with Gasteiger partial charge < -0.3 is 20.3 Å². The number of methoxy groups -OCH3 is 1. The summed E-state index contributed by atoms with van der Waals surface area (Å²) in [5, 5.41) is 21.6. The van der Waals surface area contributed by atoms with Gasteiger partial charge in [-0.3, -0.25) is 4.79 Å². The molecule has 1 aliphatic rings. The van der Waals surface area contributed by atoms with Gasteiger partial charge in [0.1, 0.15) is 0 Å². The second-order valence-electron chi connectivity index (χ2n) is 4.25. The highest BCUT2D eigenvalue weighted by Gasteiger charge is 2.32. The molecule has 1 aromatic carbocycles. The molecule has 1 aromatic rings. The highest BCUT2D eigenvalue weighted by molar-refractivity contribution is 5.71. The van der Waals surface area contributed by atoms with Crippen LogP contribution in [0.25, 0.3) is 0 Å². The molecule has 0 saturated carbocycles. The number of rotatable bonds is 3. The number of ether oxygens (including phenoxy) is 1. The maximum absolute atomic E-state index is 13.7. The average Bonchev–Trinajstić information content (AvgIpc) is 2.82. The van der Waals surface area contributed by atoms with Crippen molar-refractivity contribution in [1.82, 2.24) is 5.32 Å². The lowest BCUT2D eigenvalue weighted by Crippen LogP contribution is -2.17. The van der Waals surface area contributed by atoms with Gasteiger partial charge in [-0.1, -0.05) is 0 Å². The third kappa shape index (κ3) is 2.11. The van der Waals surface area contributed by atoms with Crippen LogP contribution in [0.2, 0.25) is 0 Å². The van der Waals surface area contributed by atoms with Crippen LogP contribution in [-0.2, 0) is 4.79 Å². The number of aromatic hydroxyl groups is 1. The summed E-state index contributed by atoms with van der Waals surface area (Å²) >= 11 is 0. The number of nitrogens with one attached hydrogen (secondary N) is 1. The third-order valence-electron chi connectivity index (χ3n) is 3.19. The van der Waals surface area contributed by atoms with Gasteiger partial charge in [-0.25, -0.2) is 0 Å². The summed E-state index contributed by atoms with van der Waals surface area (Å²) < 4.78 is 18.4. The Kier molecular flexibility index (Phi) is 3.38. The maximum atomic E-state index is 13.7. The molecule has 3 N–H and O–H groups in total. The van der Waals surface area contributed by atoms with Crippen molar-refractivity contribution in [2.24, 2.45) is 5.92 Å². The highest BCUT2D eigenvalue weighted by Crippen LogP contribution is 2.37. The molecule has 6 heteroatoms. The molecular formula is C12H14FNO4. The van der Waals surface area contributed by atoms with Crippen LogP contribution < -0.4 is 10.1 Å². The standard InChI is InChI=1S/C12H14FNO4/c1-18-9-3-2-7(11(15)10(9)13)8-4-6(5-14-8)12(16)17/h2-3,6,8,14-15H,4-5H2,1H3,(H,16,17). The Hall–Kier alpha value is -1.82. The van der Waals surface area contributed by atoms with E-state index in [1.54, 1.807) is 6.07 Å². The van der Waals surface area contributed by atoms with Crippen molar-refractivity contribution in [1.29, 1.82) is 0 Å². The lowest BCUT2D eigenvalue weighted by Gasteiger charge is -2.14. The molecule has 0 aliphatic carbocycles. The van der Waals surface area contributed by atoms with E-state index in [4.69, 9.17) is 9.84 Å². The summed E-state index contributed by atoms with van der Waals surface area (Å²) in [6.45, 7) is 0.313. The van der Waals surface area contributed by atoms with E-state index < -0.39 is 23.5 Å². The molecule has 2 rings (SSSR count). The van der Waals surface area contributed by atoms with Crippen LogP contribution in [0.4, 0.5) is 4.39 Å². The third-order valence-corrected chi connectivity index (χ3v) is 3.19. The number of carboxylic acid groups (broad SMARTS) is 1. The Balaban J connectivity index is 2.25. The summed E-state index contributed by atoms with van der Waals surface area (Å²) in [7, 11) is 1.31. The van der Waals surface area contributed by atoms with Crippen molar-refractivity contribution in [2.45, 2.75) is 12.5 Å². The number of aliphatic carboxylic acids is 1. The van der Waals surface area contributed by atoms with Crippen LogP contribution >= 0.6 is 0 Å². The Morgan fingerprint density at radius 3 is 2.83 bits per heavy atom. The number of carboxylic acids is 1. The van der Waals surface area contributed by atoms with Crippen LogP contribution in [-0.4, -0.2) is 29.8 Å². The van der Waals surface area contributed by atoms with Crippen LogP contribution in [0.15, 0.2) is 12.1 Å². The Bertz CT molecular complexity index is 477. The van der Waals surface area contributed by atoms with E-state index in [0.29, 0.717) is 18.5 Å². The van der Waals surface area contributed by atoms with E-state index in [1.807, 2.05) is 0 Å². The summed E-state index contributed by atoms with van der Waals surface area (Å²) in [6.07, 6.45) is 0.328. The number of hydrogen-bond acceptors (Lipinski definition) is 4. The molecule has 98 valence electrons. The van der Waals surface area contributed by atoms with Crippen molar-refractivity contribution < 1.29 is 24.1 Å². The number of phenols is 1. The molecule has 0 radical (unpaired) electrons. The first-order valence-corrected chi connectivity index (χ1v) is 5.56. The van der Waals surface area contributed by atoms with E-state index in [2.05, 4.69) is 5.32 Å². The van der Waals surface area contributed by atoms with Crippen molar-refractivity contribution >= 4 is 5.97 Å². The van der Waals surface area contributed by atoms with Gasteiger partial charge in [0.15, 0.2) is 11.5 Å². The van der Waals surface area contributed by atoms with E-state index in [9.17, 15) is 14.3 Å². The SMILES string of the molecule is COc1ccc(C2CC(C(=O)O)CN2)c(O)c1F. The van der Waals surface area contributed by atoms with Gasteiger partial charge in [0.25, 0.3) is 0 Å². The average molecular weight is 255 g/mol. The van der Waals surface area contributed by atoms with Gasteiger partial charge in [-0.15, -0.1) is 0 Å². The molecule has 0 amide bonds. The minimum atomic E-state index is -0.890. The minimum Gasteiger partial charge on any atom is -0.504 e. The van der Waals surface area contributed by atoms with Gasteiger partial charge in [-0.05, 0) is 18.6 Å². The number of benzene rings is 1. The van der Waals surface area contributed by atoms with Crippen LogP contribution in [0.5, 0.6) is 11.5 Å². The maximum Gasteiger partial charge on any atom is 0.307 e. The van der Waals surface area contributed by atoms with E-state index in [-0.39, 0.29) is 11.8 Å². The second-order valence-corrected chi connectivity index (χ2v) is 4.25. The molecule has 18 heavy (non-hydrogen) atoms. The summed E-state index contributed by atoms with van der Waals surface area (Å²) in [5.74, 6) is -2.75. The zero-order valence-electron chi connectivity index (χ0n) is 9.81. The molecular weight excluding hydrogens is 241 g/mol. The molecule has 0 spiro atoms. The largest absolute Gasteiger partial charge is 0.504 e. The molecule has 1 aliphatic heterocycles. The number of halogens is 1. The molecule has 0 bridgehead atoms. The Morgan fingerprint density at radius 2 is 2.28 bits per heavy atom. The Morgan fingerprint density at radius 1 is 1.56 bits per heavy atom. The molecule has 1 heterocycles. The molecule has 2 unspecified atom stereocenters. The smallest absolute Gasteiger partial charge is 0.307 e. The first kappa shape index (κ1) is 12.6.